The molecule has 0 radical (unpaired) electrons. The molecule has 4 aliphatic carbocycles. The minimum Gasteiger partial charge on any atom is -2.00 e. The first-order valence-corrected chi connectivity index (χ1v) is 13.1. The van der Waals surface area contributed by atoms with Crippen LogP contribution in [0.15, 0.2) is 48.8 Å². The summed E-state index contributed by atoms with van der Waals surface area (Å²) in [7, 11) is 0. The summed E-state index contributed by atoms with van der Waals surface area (Å²) >= 11 is 0. The van der Waals surface area contributed by atoms with Crippen LogP contribution in [0.1, 0.15) is 91.5 Å². The van der Waals surface area contributed by atoms with Gasteiger partial charge in [-0.05, 0) is 83.4 Å². The molecule has 0 N–H and O–H groups in total. The quantitative estimate of drug-likeness (QED) is 0.470. The summed E-state index contributed by atoms with van der Waals surface area (Å²) in [6.07, 6.45) is 9.52. The van der Waals surface area contributed by atoms with E-state index >= 15 is 0 Å². The van der Waals surface area contributed by atoms with Gasteiger partial charge in [-0.3, -0.25) is 9.97 Å². The second kappa shape index (κ2) is 10.1. The summed E-state index contributed by atoms with van der Waals surface area (Å²) in [5.74, 6) is 1.12. The maximum atomic E-state index is 13.4. The standard InChI is InChI=1S/2C15H20NO.Mo.2O/c2*1-13(2)11-7-8-14(13,3)15(17,10-11)12-6-4-5-9-16-12;;;/h2*4-6,9,11H,7-8,10H2,1-3H3;;;/q2*-1;;2*-2/t2*11?,14?,15-;;;/m00.../s1. The minimum atomic E-state index is -0.985. The molecule has 0 aromatic carbocycles. The van der Waals surface area contributed by atoms with E-state index in [1.165, 1.54) is 12.8 Å². The molecule has 0 saturated heterocycles. The summed E-state index contributed by atoms with van der Waals surface area (Å²) in [6.45, 7) is 13.4. The number of nitrogens with zero attached hydrogens (tertiary/aromatic N) is 2. The first-order valence-electron chi connectivity index (χ1n) is 13.1. The fourth-order valence-electron chi connectivity index (χ4n) is 8.47. The Morgan fingerprint density at radius 1 is 0.649 bits per heavy atom. The minimum absolute atomic E-state index is 0. The van der Waals surface area contributed by atoms with Crippen LogP contribution in [0.4, 0.5) is 0 Å². The molecule has 4 fully saturated rings. The van der Waals surface area contributed by atoms with Crippen molar-refractivity contribution in [3.63, 3.8) is 0 Å². The van der Waals surface area contributed by atoms with Crippen LogP contribution in [-0.4, -0.2) is 9.97 Å². The molecule has 4 aliphatic rings. The predicted octanol–water partition coefficient (Wildman–Crippen LogP) is 4.73. The first-order chi connectivity index (χ1) is 15.8. The zero-order valence-corrected chi connectivity index (χ0v) is 25.0. The largest absolute Gasteiger partial charge is 2.00 e. The number of aromatic nitrogens is 2. The van der Waals surface area contributed by atoms with Gasteiger partial charge in [-0.2, -0.15) is 0 Å². The van der Waals surface area contributed by atoms with Crippen LogP contribution < -0.4 is 10.2 Å². The molecule has 0 aliphatic heterocycles. The zero-order valence-electron chi connectivity index (χ0n) is 23.0. The van der Waals surface area contributed by atoms with Crippen molar-refractivity contribution in [2.45, 2.75) is 91.3 Å². The van der Waals surface area contributed by atoms with Crippen molar-refractivity contribution in [3.05, 3.63) is 60.2 Å². The Kier molecular flexibility index (Phi) is 8.74. The van der Waals surface area contributed by atoms with Gasteiger partial charge in [-0.1, -0.05) is 77.7 Å². The van der Waals surface area contributed by atoms with Crippen LogP contribution in [0.3, 0.4) is 0 Å². The second-order valence-corrected chi connectivity index (χ2v) is 13.1. The number of pyridine rings is 2. The second-order valence-electron chi connectivity index (χ2n) is 13.1. The van der Waals surface area contributed by atoms with Crippen LogP contribution >= 0.6 is 0 Å². The smallest absolute Gasteiger partial charge is 0.0305 e. The molecular weight excluding hydrogens is 548 g/mol. The summed E-state index contributed by atoms with van der Waals surface area (Å²) < 4.78 is 0. The number of hydrogen-bond acceptors (Lipinski definition) is 4. The SMILES string of the molecule is CC1(C)C2CCC1(C)[C@@]([O-])(c1ccccn1)C2.CC1(C)C2CCC1(C)[C@@]([O-])(c1ccccn1)C2.[Mo].[O-2].[O-2]. The van der Waals surface area contributed by atoms with E-state index in [9.17, 15) is 10.2 Å². The molecule has 4 saturated carbocycles. The molecule has 6 nitrogen and oxygen atoms in total. The molecular formula is C30H40MoN2O4-6. The molecule has 2 aromatic heterocycles. The van der Waals surface area contributed by atoms with E-state index in [2.05, 4.69) is 51.5 Å². The summed E-state index contributed by atoms with van der Waals surface area (Å²) in [6, 6.07) is 11.5. The van der Waals surface area contributed by atoms with Gasteiger partial charge in [0.25, 0.3) is 0 Å². The van der Waals surface area contributed by atoms with Crippen molar-refractivity contribution in [2.75, 3.05) is 0 Å². The maximum absolute atomic E-state index is 13.4. The van der Waals surface area contributed by atoms with Gasteiger partial charge in [-0.25, -0.2) is 0 Å². The van der Waals surface area contributed by atoms with Crippen molar-refractivity contribution in [2.24, 2.45) is 33.5 Å². The summed E-state index contributed by atoms with van der Waals surface area (Å²) in [5, 5.41) is 26.7. The van der Waals surface area contributed by atoms with Crippen molar-refractivity contribution < 1.29 is 42.2 Å². The third-order valence-corrected chi connectivity index (χ3v) is 11.9. The Morgan fingerprint density at radius 2 is 1.00 bits per heavy atom. The Bertz CT molecular complexity index is 982. The number of fused-ring (bicyclic) bond motifs is 4. The van der Waals surface area contributed by atoms with Gasteiger partial charge in [0, 0.05) is 44.8 Å². The van der Waals surface area contributed by atoms with Crippen LogP contribution in [0.25, 0.3) is 0 Å². The maximum Gasteiger partial charge on any atom is 0.0305 e. The molecule has 4 bridgehead atoms. The zero-order chi connectivity index (χ0) is 24.6. The molecule has 0 amide bonds. The Morgan fingerprint density at radius 3 is 1.22 bits per heavy atom. The van der Waals surface area contributed by atoms with E-state index in [0.717, 1.165) is 37.1 Å². The van der Waals surface area contributed by atoms with Crippen molar-refractivity contribution in [1.29, 1.82) is 0 Å². The van der Waals surface area contributed by atoms with Crippen LogP contribution in [0.2, 0.25) is 0 Å². The van der Waals surface area contributed by atoms with E-state index in [1.54, 1.807) is 12.4 Å². The number of rotatable bonds is 2. The molecule has 7 heteroatoms. The third-order valence-electron chi connectivity index (χ3n) is 11.9. The van der Waals surface area contributed by atoms with Gasteiger partial charge >= 0.3 is 0 Å². The van der Waals surface area contributed by atoms with Crippen molar-refractivity contribution in [3.8, 4) is 0 Å². The molecule has 6 atom stereocenters. The molecule has 4 unspecified atom stereocenters. The average molecular weight is 589 g/mol. The molecule has 0 spiro atoms. The van der Waals surface area contributed by atoms with Crippen molar-refractivity contribution >= 4 is 0 Å². The van der Waals surface area contributed by atoms with E-state index in [-0.39, 0.29) is 53.7 Å². The number of hydrogen-bond donors (Lipinski definition) is 0. The first kappa shape index (κ1) is 32.0. The molecule has 206 valence electrons. The van der Waals surface area contributed by atoms with Crippen LogP contribution in [-0.2, 0) is 43.2 Å². The Hall–Kier alpha value is -1.17. The fraction of sp³-hybridized carbons (Fsp3) is 0.667. The fourth-order valence-corrected chi connectivity index (χ4v) is 8.47. The topological polar surface area (TPSA) is 129 Å². The van der Waals surface area contributed by atoms with Crippen LogP contribution in [0, 0.1) is 33.5 Å². The molecule has 2 heterocycles. The van der Waals surface area contributed by atoms with Crippen LogP contribution in [0.5, 0.6) is 0 Å². The van der Waals surface area contributed by atoms with Gasteiger partial charge in [0.15, 0.2) is 0 Å². The Labute approximate surface area is 236 Å². The van der Waals surface area contributed by atoms with E-state index < -0.39 is 11.2 Å². The van der Waals surface area contributed by atoms with E-state index in [0.29, 0.717) is 11.8 Å². The molecule has 37 heavy (non-hydrogen) atoms. The van der Waals surface area contributed by atoms with E-state index in [1.807, 2.05) is 36.4 Å². The van der Waals surface area contributed by atoms with Gasteiger partial charge in [-0.15, -0.1) is 0 Å². The van der Waals surface area contributed by atoms with Gasteiger partial charge in [0.05, 0.1) is 0 Å². The average Bonchev–Trinajstić information content (AvgIpc) is 3.31. The Balaban J connectivity index is 0.000000241. The molecule has 6 rings (SSSR count). The van der Waals surface area contributed by atoms with E-state index in [4.69, 9.17) is 0 Å². The van der Waals surface area contributed by atoms with Gasteiger partial charge < -0.3 is 21.2 Å². The predicted molar refractivity (Wildman–Crippen MR) is 132 cm³/mol. The summed E-state index contributed by atoms with van der Waals surface area (Å²) in [4.78, 5) is 8.70. The summed E-state index contributed by atoms with van der Waals surface area (Å²) in [5.41, 5.74) is -0.492. The van der Waals surface area contributed by atoms with Gasteiger partial charge in [0.1, 0.15) is 0 Å². The monoisotopic (exact) mass is 590 g/mol. The third kappa shape index (κ3) is 4.00. The van der Waals surface area contributed by atoms with Gasteiger partial charge in [0.2, 0.25) is 0 Å². The van der Waals surface area contributed by atoms with Crippen molar-refractivity contribution in [1.82, 2.24) is 9.97 Å². The molecule has 2 aromatic rings. The normalized spacial score (nSPS) is 39.5.